The van der Waals surface area contributed by atoms with E-state index in [1.165, 1.54) is 11.1 Å². The number of rotatable bonds is 24. The predicted molar refractivity (Wildman–Crippen MR) is 231 cm³/mol. The third-order valence-corrected chi connectivity index (χ3v) is 10.3. The molecule has 56 heavy (non-hydrogen) atoms. The second-order valence-electron chi connectivity index (χ2n) is 13.9. The smallest absolute Gasteiger partial charge is 0.419 e. The van der Waals surface area contributed by atoms with Gasteiger partial charge >= 0.3 is 11.9 Å². The molecule has 8 nitrogen and oxygen atoms in total. The van der Waals surface area contributed by atoms with Crippen LogP contribution in [-0.4, -0.2) is 73.6 Å². The summed E-state index contributed by atoms with van der Waals surface area (Å²) in [5.41, 5.74) is 4.13. The Labute approximate surface area is 351 Å². The second kappa shape index (κ2) is 24.8. The predicted octanol–water partition coefficient (Wildman–Crippen LogP) is 10.2. The van der Waals surface area contributed by atoms with Crippen LogP contribution in [0.5, 0.6) is 11.5 Å². The molecule has 0 bridgehead atoms. The highest BCUT2D eigenvalue weighted by Gasteiger charge is 2.32. The van der Waals surface area contributed by atoms with Gasteiger partial charge in [0.05, 0.1) is 13.2 Å². The van der Waals surface area contributed by atoms with Crippen LogP contribution in [0.2, 0.25) is 0 Å². The monoisotopic (exact) mass is 892 g/mol. The summed E-state index contributed by atoms with van der Waals surface area (Å²) < 4.78 is 26.6. The summed E-state index contributed by atoms with van der Waals surface area (Å²) in [6, 6.07) is 32.2. The van der Waals surface area contributed by atoms with E-state index in [9.17, 15) is 9.59 Å². The Kier molecular flexibility index (Phi) is 20.0. The molecule has 0 aromatic heterocycles. The van der Waals surface area contributed by atoms with Crippen LogP contribution >= 0.6 is 31.9 Å². The lowest BCUT2D eigenvalue weighted by Crippen LogP contribution is -2.45. The molecule has 2 unspecified atom stereocenters. The van der Waals surface area contributed by atoms with Gasteiger partial charge in [0.15, 0.2) is 12.5 Å². The Balaban J connectivity index is 1.54. The molecule has 0 fully saturated rings. The zero-order chi connectivity index (χ0) is 40.1. The molecule has 302 valence electrons. The van der Waals surface area contributed by atoms with Crippen molar-refractivity contribution in [2.24, 2.45) is 0 Å². The fourth-order valence-electron chi connectivity index (χ4n) is 6.70. The Hall–Kier alpha value is -3.70. The summed E-state index contributed by atoms with van der Waals surface area (Å²) in [5, 5.41) is 0. The second-order valence-corrected chi connectivity index (χ2v) is 15.7. The highest BCUT2D eigenvalue weighted by atomic mass is 79.9. The largest absolute Gasteiger partial charge is 0.493 e. The number of carbonyl (C=O) groups excluding carboxylic acids is 2. The zero-order valence-electron chi connectivity index (χ0n) is 33.4. The van der Waals surface area contributed by atoms with Crippen molar-refractivity contribution in [1.82, 2.24) is 9.80 Å². The lowest BCUT2D eigenvalue weighted by molar-refractivity contribution is -0.185. The molecule has 0 aliphatic heterocycles. The summed E-state index contributed by atoms with van der Waals surface area (Å²) >= 11 is 7.25. The van der Waals surface area contributed by atoms with Crippen LogP contribution in [0.3, 0.4) is 0 Å². The van der Waals surface area contributed by atoms with Gasteiger partial charge in [0.1, 0.15) is 11.5 Å². The van der Waals surface area contributed by atoms with E-state index in [2.05, 4.69) is 93.6 Å². The maximum absolute atomic E-state index is 13.8. The Bertz CT molecular complexity index is 1620. The van der Waals surface area contributed by atoms with Crippen molar-refractivity contribution in [2.75, 3.05) is 39.4 Å². The molecule has 0 radical (unpaired) electrons. The Morgan fingerprint density at radius 2 is 0.893 bits per heavy atom. The SMILES string of the molecule is CCCN(CCC)C(Cc1cc(Br)ccc1OCCc1ccccc1)OC(=O)C(=O)OC(Cc1cc(Br)ccc1OCCc1ccccc1)N(CCC)CCC. The third kappa shape index (κ3) is 15.0. The number of hydrogen-bond donors (Lipinski definition) is 0. The molecule has 0 spiro atoms. The molecule has 10 heteroatoms. The average Bonchev–Trinajstić information content (AvgIpc) is 3.19. The first-order chi connectivity index (χ1) is 27.2. The number of nitrogens with zero attached hydrogens (tertiary/aromatic N) is 2. The van der Waals surface area contributed by atoms with Crippen molar-refractivity contribution in [1.29, 1.82) is 0 Å². The van der Waals surface area contributed by atoms with Crippen LogP contribution < -0.4 is 9.47 Å². The molecule has 4 aromatic carbocycles. The van der Waals surface area contributed by atoms with Gasteiger partial charge in [-0.05, 0) is 73.2 Å². The van der Waals surface area contributed by atoms with E-state index >= 15 is 0 Å². The minimum absolute atomic E-state index is 0.335. The highest BCUT2D eigenvalue weighted by molar-refractivity contribution is 9.10. The molecule has 0 amide bonds. The first-order valence-electron chi connectivity index (χ1n) is 20.0. The number of hydrogen-bond acceptors (Lipinski definition) is 8. The first-order valence-corrected chi connectivity index (χ1v) is 21.6. The van der Waals surface area contributed by atoms with E-state index in [4.69, 9.17) is 18.9 Å². The molecule has 0 aliphatic carbocycles. The topological polar surface area (TPSA) is 77.5 Å². The Morgan fingerprint density at radius 1 is 0.536 bits per heavy atom. The van der Waals surface area contributed by atoms with Gasteiger partial charge in [-0.15, -0.1) is 0 Å². The standard InChI is InChI=1S/C46H58Br2N2O6/c1-5-25-49(26-6-2)43(33-37-31-39(47)19-21-41(37)53-29-23-35-15-11-9-12-16-35)55-45(51)46(52)56-44(50(27-7-3)28-8-4)34-38-32-40(48)20-22-42(38)54-30-24-36-17-13-10-14-18-36/h9-22,31-32,43-44H,5-8,23-30,33-34H2,1-4H3. The maximum Gasteiger partial charge on any atom is 0.419 e. The minimum atomic E-state index is -1.01. The lowest BCUT2D eigenvalue weighted by Gasteiger charge is -2.33. The van der Waals surface area contributed by atoms with Gasteiger partial charge < -0.3 is 18.9 Å². The highest BCUT2D eigenvalue weighted by Crippen LogP contribution is 2.29. The zero-order valence-corrected chi connectivity index (χ0v) is 36.6. The van der Waals surface area contributed by atoms with Gasteiger partial charge in [0.2, 0.25) is 0 Å². The van der Waals surface area contributed by atoms with Crippen LogP contribution in [0.4, 0.5) is 0 Å². The van der Waals surface area contributed by atoms with E-state index in [-0.39, 0.29) is 0 Å². The number of carbonyl (C=O) groups is 2. The molecule has 4 rings (SSSR count). The van der Waals surface area contributed by atoms with Crippen molar-refractivity contribution in [3.05, 3.63) is 128 Å². The number of halogens is 2. The van der Waals surface area contributed by atoms with Crippen LogP contribution in [-0.2, 0) is 44.7 Å². The van der Waals surface area contributed by atoms with E-state index < -0.39 is 24.4 Å². The van der Waals surface area contributed by atoms with Crippen molar-refractivity contribution < 1.29 is 28.5 Å². The molecule has 0 saturated carbocycles. The third-order valence-electron chi connectivity index (χ3n) is 9.33. The summed E-state index contributed by atoms with van der Waals surface area (Å²) in [4.78, 5) is 31.9. The minimum Gasteiger partial charge on any atom is -0.493 e. The van der Waals surface area contributed by atoms with Gasteiger partial charge in [0, 0.05) is 71.9 Å². The summed E-state index contributed by atoms with van der Waals surface area (Å²) in [5.74, 6) is -0.599. The quantitative estimate of drug-likeness (QED) is 0.0391. The van der Waals surface area contributed by atoms with Crippen LogP contribution in [0, 0.1) is 0 Å². The molecule has 0 heterocycles. The van der Waals surface area contributed by atoms with Crippen molar-refractivity contribution in [3.8, 4) is 11.5 Å². The van der Waals surface area contributed by atoms with Gasteiger partial charge in [0.25, 0.3) is 0 Å². The van der Waals surface area contributed by atoms with E-state index in [0.717, 1.165) is 58.6 Å². The molecular formula is C46H58Br2N2O6. The molecule has 4 aromatic rings. The number of ether oxygens (including phenoxy) is 4. The molecular weight excluding hydrogens is 836 g/mol. The van der Waals surface area contributed by atoms with Gasteiger partial charge in [-0.2, -0.15) is 0 Å². The molecule has 0 saturated heterocycles. The molecule has 2 atom stereocenters. The van der Waals surface area contributed by atoms with Crippen molar-refractivity contribution >= 4 is 43.8 Å². The first kappa shape index (κ1) is 45.0. The maximum atomic E-state index is 13.8. The van der Waals surface area contributed by atoms with Crippen molar-refractivity contribution in [3.63, 3.8) is 0 Å². The fourth-order valence-corrected chi connectivity index (χ4v) is 7.52. The fraction of sp³-hybridized carbons (Fsp3) is 0.435. The number of benzene rings is 4. The molecule has 0 N–H and O–H groups in total. The van der Waals surface area contributed by atoms with Gasteiger partial charge in [-0.3, -0.25) is 9.80 Å². The average molecular weight is 895 g/mol. The van der Waals surface area contributed by atoms with E-state index in [1.807, 2.05) is 72.8 Å². The van der Waals surface area contributed by atoms with Gasteiger partial charge in [-0.25, -0.2) is 9.59 Å². The summed E-state index contributed by atoms with van der Waals surface area (Å²) in [7, 11) is 0. The Morgan fingerprint density at radius 3 is 1.23 bits per heavy atom. The lowest BCUT2D eigenvalue weighted by atomic mass is 10.1. The van der Waals surface area contributed by atoms with Crippen LogP contribution in [0.15, 0.2) is 106 Å². The van der Waals surface area contributed by atoms with Crippen LogP contribution in [0.1, 0.15) is 75.6 Å². The summed E-state index contributed by atoms with van der Waals surface area (Å²) in [6.07, 6.45) is 4.17. The van der Waals surface area contributed by atoms with E-state index in [0.29, 0.717) is 63.7 Å². The number of esters is 2. The molecule has 0 aliphatic rings. The van der Waals surface area contributed by atoms with E-state index in [1.54, 1.807) is 0 Å². The van der Waals surface area contributed by atoms with Gasteiger partial charge in [-0.1, -0.05) is 120 Å². The van der Waals surface area contributed by atoms with Crippen molar-refractivity contribution in [2.45, 2.75) is 91.5 Å². The normalized spacial score (nSPS) is 12.4. The summed E-state index contributed by atoms with van der Waals surface area (Å²) in [6.45, 7) is 12.1. The van der Waals surface area contributed by atoms with Crippen LogP contribution in [0.25, 0.3) is 0 Å².